The third-order valence-corrected chi connectivity index (χ3v) is 9.69. The van der Waals surface area contributed by atoms with Gasteiger partial charge in [-0.25, -0.2) is 4.79 Å². The SMILES string of the molecule is C#C[C@@]1(O)[C@@H](CO)O[C@@H](n2ccc(=O)[nH]c2=O)[C@@H]1O[Si](C)(C)C(C)(C)C. The van der Waals surface area contributed by atoms with Gasteiger partial charge in [-0.05, 0) is 18.1 Å². The van der Waals surface area contributed by atoms with Gasteiger partial charge in [-0.2, -0.15) is 0 Å². The van der Waals surface area contributed by atoms with Crippen LogP contribution in [0.3, 0.4) is 0 Å². The summed E-state index contributed by atoms with van der Waals surface area (Å²) in [5.74, 6) is 2.28. The molecule has 9 heteroatoms. The molecule has 1 aromatic heterocycles. The van der Waals surface area contributed by atoms with Gasteiger partial charge in [0, 0.05) is 12.3 Å². The Labute approximate surface area is 152 Å². The molecule has 1 aliphatic rings. The van der Waals surface area contributed by atoms with E-state index in [1.165, 1.54) is 6.20 Å². The van der Waals surface area contributed by atoms with E-state index in [0.29, 0.717) is 0 Å². The number of nitrogens with zero attached hydrogens (tertiary/aromatic N) is 1. The summed E-state index contributed by atoms with van der Waals surface area (Å²) in [5, 5.41) is 20.4. The second-order valence-corrected chi connectivity index (χ2v) is 12.7. The molecule has 0 spiro atoms. The first-order valence-corrected chi connectivity index (χ1v) is 11.2. The first-order chi connectivity index (χ1) is 11.9. The molecule has 3 N–H and O–H groups in total. The van der Waals surface area contributed by atoms with Crippen molar-refractivity contribution >= 4 is 8.32 Å². The smallest absolute Gasteiger partial charge is 0.330 e. The van der Waals surface area contributed by atoms with E-state index >= 15 is 0 Å². The number of rotatable bonds is 4. The van der Waals surface area contributed by atoms with E-state index < -0.39 is 50.2 Å². The van der Waals surface area contributed by atoms with Gasteiger partial charge in [-0.3, -0.25) is 14.3 Å². The third kappa shape index (κ3) is 3.43. The Balaban J connectivity index is 2.57. The van der Waals surface area contributed by atoms with E-state index in [1.807, 2.05) is 33.9 Å². The lowest BCUT2D eigenvalue weighted by Crippen LogP contribution is -2.55. The van der Waals surface area contributed by atoms with Crippen molar-refractivity contribution in [1.29, 1.82) is 0 Å². The molecule has 0 radical (unpaired) electrons. The molecule has 2 heterocycles. The van der Waals surface area contributed by atoms with Crippen LogP contribution in [0.5, 0.6) is 0 Å². The normalized spacial score (nSPS) is 29.5. The summed E-state index contributed by atoms with van der Waals surface area (Å²) in [6.45, 7) is 9.47. The minimum absolute atomic E-state index is 0.194. The second-order valence-electron chi connectivity index (χ2n) is 7.98. The van der Waals surface area contributed by atoms with Crippen LogP contribution in [0.15, 0.2) is 21.9 Å². The van der Waals surface area contributed by atoms with Gasteiger partial charge >= 0.3 is 5.69 Å². The van der Waals surface area contributed by atoms with Crippen molar-refractivity contribution < 1.29 is 19.4 Å². The number of ether oxygens (including phenoxy) is 1. The minimum Gasteiger partial charge on any atom is -0.405 e. The lowest BCUT2D eigenvalue weighted by molar-refractivity contribution is -0.0624. The van der Waals surface area contributed by atoms with Gasteiger partial charge < -0.3 is 19.4 Å². The predicted octanol–water partition coefficient (Wildman–Crippen LogP) is 0.181. The fraction of sp³-hybridized carbons (Fsp3) is 0.647. The molecule has 0 saturated carbocycles. The van der Waals surface area contributed by atoms with Crippen LogP contribution < -0.4 is 11.2 Å². The number of hydrogen-bond acceptors (Lipinski definition) is 6. The summed E-state index contributed by atoms with van der Waals surface area (Å²) in [5.41, 5.74) is -3.20. The highest BCUT2D eigenvalue weighted by Crippen LogP contribution is 2.44. The van der Waals surface area contributed by atoms with Gasteiger partial charge in [-0.15, -0.1) is 6.42 Å². The molecule has 26 heavy (non-hydrogen) atoms. The zero-order chi connectivity index (χ0) is 19.9. The van der Waals surface area contributed by atoms with Crippen molar-refractivity contribution in [3.8, 4) is 12.3 Å². The van der Waals surface area contributed by atoms with Crippen LogP contribution in [0.4, 0.5) is 0 Å². The lowest BCUT2D eigenvalue weighted by atomic mass is 9.93. The second kappa shape index (κ2) is 6.79. The van der Waals surface area contributed by atoms with E-state index in [4.69, 9.17) is 15.6 Å². The molecule has 4 atom stereocenters. The van der Waals surface area contributed by atoms with Gasteiger partial charge in [0.1, 0.15) is 12.2 Å². The van der Waals surface area contributed by atoms with E-state index in [0.717, 1.165) is 10.6 Å². The molecular formula is C17H26N2O6Si. The lowest BCUT2D eigenvalue weighted by Gasteiger charge is -2.41. The highest BCUT2D eigenvalue weighted by Gasteiger charge is 2.59. The van der Waals surface area contributed by atoms with Gasteiger partial charge in [-0.1, -0.05) is 26.7 Å². The third-order valence-electron chi connectivity index (χ3n) is 5.24. The van der Waals surface area contributed by atoms with Gasteiger partial charge in [0.05, 0.1) is 6.61 Å². The summed E-state index contributed by atoms with van der Waals surface area (Å²) in [4.78, 5) is 25.7. The Hall–Kier alpha value is -1.70. The van der Waals surface area contributed by atoms with E-state index in [-0.39, 0.29) is 5.04 Å². The van der Waals surface area contributed by atoms with Crippen LogP contribution in [0, 0.1) is 12.3 Å². The summed E-state index contributed by atoms with van der Waals surface area (Å²) in [6, 6.07) is 1.16. The monoisotopic (exact) mass is 382 g/mol. The topological polar surface area (TPSA) is 114 Å². The van der Waals surface area contributed by atoms with Crippen LogP contribution in [0.25, 0.3) is 0 Å². The van der Waals surface area contributed by atoms with E-state index in [9.17, 15) is 19.8 Å². The molecule has 1 aromatic rings. The Bertz CT molecular complexity index is 818. The zero-order valence-corrected chi connectivity index (χ0v) is 16.6. The molecule has 1 fully saturated rings. The molecule has 1 aliphatic heterocycles. The highest BCUT2D eigenvalue weighted by atomic mass is 28.4. The number of hydrogen-bond donors (Lipinski definition) is 3. The number of aliphatic hydroxyl groups excluding tert-OH is 1. The predicted molar refractivity (Wildman–Crippen MR) is 98.2 cm³/mol. The zero-order valence-electron chi connectivity index (χ0n) is 15.6. The average Bonchev–Trinajstić information content (AvgIpc) is 2.79. The van der Waals surface area contributed by atoms with Crippen LogP contribution in [-0.4, -0.2) is 52.5 Å². The minimum atomic E-state index is -2.42. The van der Waals surface area contributed by atoms with Crippen molar-refractivity contribution in [2.45, 2.75) is 62.9 Å². The van der Waals surface area contributed by atoms with Crippen molar-refractivity contribution in [3.63, 3.8) is 0 Å². The molecule has 0 amide bonds. The molecule has 0 aromatic carbocycles. The van der Waals surface area contributed by atoms with Gasteiger partial charge in [0.25, 0.3) is 5.56 Å². The van der Waals surface area contributed by atoms with Crippen LogP contribution >= 0.6 is 0 Å². The number of H-pyrrole nitrogens is 1. The van der Waals surface area contributed by atoms with E-state index in [2.05, 4.69) is 10.9 Å². The Kier molecular flexibility index (Phi) is 5.38. The Morgan fingerprint density at radius 3 is 2.54 bits per heavy atom. The molecule has 0 unspecified atom stereocenters. The Morgan fingerprint density at radius 1 is 1.46 bits per heavy atom. The number of terminal acetylenes is 1. The van der Waals surface area contributed by atoms with Crippen molar-refractivity contribution in [1.82, 2.24) is 9.55 Å². The Morgan fingerprint density at radius 2 is 2.08 bits per heavy atom. The highest BCUT2D eigenvalue weighted by molar-refractivity contribution is 6.74. The first kappa shape index (κ1) is 20.6. The summed E-state index contributed by atoms with van der Waals surface area (Å²) < 4.78 is 13.1. The summed E-state index contributed by atoms with van der Waals surface area (Å²) >= 11 is 0. The van der Waals surface area contributed by atoms with Gasteiger partial charge in [0.2, 0.25) is 0 Å². The maximum atomic E-state index is 12.2. The van der Waals surface area contributed by atoms with Crippen molar-refractivity contribution in [3.05, 3.63) is 33.1 Å². The number of aromatic nitrogens is 2. The quantitative estimate of drug-likeness (QED) is 0.506. The van der Waals surface area contributed by atoms with Crippen LogP contribution in [0.2, 0.25) is 18.1 Å². The molecule has 2 rings (SSSR count). The molecule has 144 valence electrons. The van der Waals surface area contributed by atoms with Crippen LogP contribution in [0.1, 0.15) is 27.0 Å². The fourth-order valence-electron chi connectivity index (χ4n) is 2.58. The fourth-order valence-corrected chi connectivity index (χ4v) is 3.87. The van der Waals surface area contributed by atoms with Crippen molar-refractivity contribution in [2.24, 2.45) is 0 Å². The molecule has 0 bridgehead atoms. The molecule has 8 nitrogen and oxygen atoms in total. The van der Waals surface area contributed by atoms with Crippen molar-refractivity contribution in [2.75, 3.05) is 6.61 Å². The molecular weight excluding hydrogens is 356 g/mol. The summed E-state index contributed by atoms with van der Waals surface area (Å²) in [7, 11) is -2.42. The molecule has 0 aliphatic carbocycles. The number of nitrogens with one attached hydrogen (secondary N) is 1. The van der Waals surface area contributed by atoms with Gasteiger partial charge in [0.15, 0.2) is 20.1 Å². The maximum absolute atomic E-state index is 12.2. The van der Waals surface area contributed by atoms with E-state index in [1.54, 1.807) is 0 Å². The maximum Gasteiger partial charge on any atom is 0.330 e. The standard InChI is InChI=1S/C17H26N2O6Si/c1-7-17(23)11(10-20)24-14(19-9-8-12(21)18-15(19)22)13(17)25-26(5,6)16(2,3)4/h1,8-9,11,13-14,20,23H,10H2,2-6H3,(H,18,21,22)/t11-,13+,14-,17-/m1/s1. The number of aromatic amines is 1. The largest absolute Gasteiger partial charge is 0.405 e. The average molecular weight is 382 g/mol. The number of aliphatic hydroxyl groups is 2. The first-order valence-electron chi connectivity index (χ1n) is 8.33. The molecule has 1 saturated heterocycles. The van der Waals surface area contributed by atoms with Crippen LogP contribution in [-0.2, 0) is 9.16 Å². The summed E-state index contributed by atoms with van der Waals surface area (Å²) in [6.07, 6.45) is 3.50.